The van der Waals surface area contributed by atoms with Gasteiger partial charge in [-0.25, -0.2) is 0 Å². The molecule has 0 aromatic heterocycles. The first-order valence-electron chi connectivity index (χ1n) is 4.18. The van der Waals surface area contributed by atoms with Crippen LogP contribution in [0.3, 0.4) is 0 Å². The van der Waals surface area contributed by atoms with Crippen molar-refractivity contribution in [2.45, 2.75) is 31.2 Å². The van der Waals surface area contributed by atoms with Crippen LogP contribution in [0, 0.1) is 5.92 Å². The average molecular weight is 190 g/mol. The Hall–Kier alpha value is -0.650. The summed E-state index contributed by atoms with van der Waals surface area (Å²) in [5.41, 5.74) is 0. The van der Waals surface area contributed by atoms with E-state index in [0.717, 1.165) is 0 Å². The van der Waals surface area contributed by atoms with Crippen LogP contribution in [0.5, 0.6) is 0 Å². The van der Waals surface area contributed by atoms with E-state index in [9.17, 15) is 15.0 Å². The van der Waals surface area contributed by atoms with Crippen molar-refractivity contribution in [2.24, 2.45) is 5.92 Å². The lowest BCUT2D eigenvalue weighted by atomic mass is 9.83. The van der Waals surface area contributed by atoms with Crippen molar-refractivity contribution in [3.05, 3.63) is 0 Å². The van der Waals surface area contributed by atoms with Gasteiger partial charge in [-0.05, 0) is 12.8 Å². The maximum absolute atomic E-state index is 11.0. The van der Waals surface area contributed by atoms with Crippen molar-refractivity contribution in [1.82, 2.24) is 0 Å². The molecule has 0 aromatic rings. The summed E-state index contributed by atoms with van der Waals surface area (Å²) in [6.07, 6.45) is -2.96. The zero-order chi connectivity index (χ0) is 10.0. The molecule has 1 fully saturated rings. The monoisotopic (exact) mass is 190 g/mol. The molecule has 0 radical (unpaired) electrons. The molecule has 0 bridgehead atoms. The van der Waals surface area contributed by atoms with Crippen molar-refractivity contribution >= 4 is 5.97 Å². The van der Waals surface area contributed by atoms with E-state index in [2.05, 4.69) is 4.74 Å². The van der Waals surface area contributed by atoms with Gasteiger partial charge in [0, 0.05) is 0 Å². The van der Waals surface area contributed by atoms with Gasteiger partial charge in [-0.2, -0.15) is 0 Å². The number of hydrogen-bond donors (Lipinski definition) is 3. The molecule has 2 atom stereocenters. The predicted molar refractivity (Wildman–Crippen MR) is 42.8 cm³/mol. The Kier molecular flexibility index (Phi) is 3.24. The summed E-state index contributed by atoms with van der Waals surface area (Å²) in [5.74, 6) is -0.969. The van der Waals surface area contributed by atoms with Crippen LogP contribution in [0.25, 0.3) is 0 Å². The van der Waals surface area contributed by atoms with Crippen LogP contribution in [0.15, 0.2) is 0 Å². The van der Waals surface area contributed by atoms with Gasteiger partial charge in [-0.3, -0.25) is 4.79 Å². The largest absolute Gasteiger partial charge is 0.469 e. The van der Waals surface area contributed by atoms with E-state index >= 15 is 0 Å². The molecule has 1 saturated carbocycles. The third-order valence-electron chi connectivity index (χ3n) is 2.37. The van der Waals surface area contributed by atoms with E-state index in [1.165, 1.54) is 7.11 Å². The van der Waals surface area contributed by atoms with Gasteiger partial charge in [-0.1, -0.05) is 0 Å². The molecular weight excluding hydrogens is 176 g/mol. The van der Waals surface area contributed by atoms with Crippen LogP contribution in [-0.4, -0.2) is 46.7 Å². The summed E-state index contributed by atoms with van der Waals surface area (Å²) in [5, 5.41) is 27.7. The van der Waals surface area contributed by atoms with Crippen LogP contribution in [-0.2, 0) is 9.53 Å². The maximum atomic E-state index is 11.0. The van der Waals surface area contributed by atoms with E-state index in [0.29, 0.717) is 0 Å². The number of carbonyl (C=O) groups is 1. The van der Waals surface area contributed by atoms with Gasteiger partial charge in [0.2, 0.25) is 0 Å². The molecule has 0 heterocycles. The summed E-state index contributed by atoms with van der Waals surface area (Å²) in [7, 11) is 1.26. The SMILES string of the molecule is COC(=O)C1CC(O)C(O)C(O)C1. The molecule has 0 spiro atoms. The van der Waals surface area contributed by atoms with Gasteiger partial charge < -0.3 is 20.1 Å². The Bertz CT molecular complexity index is 181. The Morgan fingerprint density at radius 3 is 2.08 bits per heavy atom. The van der Waals surface area contributed by atoms with Crippen molar-refractivity contribution in [3.8, 4) is 0 Å². The number of rotatable bonds is 1. The van der Waals surface area contributed by atoms with Crippen LogP contribution < -0.4 is 0 Å². The second-order valence-corrected chi connectivity index (χ2v) is 3.32. The number of carbonyl (C=O) groups excluding carboxylic acids is 1. The van der Waals surface area contributed by atoms with Crippen LogP contribution >= 0.6 is 0 Å². The fraction of sp³-hybridized carbons (Fsp3) is 0.875. The van der Waals surface area contributed by atoms with Gasteiger partial charge in [0.1, 0.15) is 6.10 Å². The molecule has 1 rings (SSSR count). The van der Waals surface area contributed by atoms with Crippen LogP contribution in [0.4, 0.5) is 0 Å². The molecule has 0 aliphatic heterocycles. The summed E-state index contributed by atoms with van der Waals surface area (Å²) < 4.78 is 4.48. The van der Waals surface area contributed by atoms with Crippen LogP contribution in [0.2, 0.25) is 0 Å². The molecule has 5 nitrogen and oxygen atoms in total. The normalized spacial score (nSPS) is 40.0. The lowest BCUT2D eigenvalue weighted by molar-refractivity contribution is -0.156. The molecule has 0 aromatic carbocycles. The summed E-state index contributed by atoms with van der Waals surface area (Å²) >= 11 is 0. The Labute approximate surface area is 75.9 Å². The maximum Gasteiger partial charge on any atom is 0.308 e. The minimum atomic E-state index is -1.15. The molecule has 0 saturated heterocycles. The standard InChI is InChI=1S/C8H14O5/c1-13-8(12)4-2-5(9)7(11)6(10)3-4/h4-7,9-11H,2-3H2,1H3. The molecule has 1 aliphatic rings. The third kappa shape index (κ3) is 2.18. The van der Waals surface area contributed by atoms with Crippen molar-refractivity contribution in [1.29, 1.82) is 0 Å². The first kappa shape index (κ1) is 10.4. The number of aliphatic hydroxyl groups is 3. The first-order chi connectivity index (χ1) is 6.06. The summed E-state index contributed by atoms with van der Waals surface area (Å²) in [6, 6.07) is 0. The lowest BCUT2D eigenvalue weighted by Crippen LogP contribution is -2.46. The number of esters is 1. The molecule has 2 unspecified atom stereocenters. The molecule has 1 aliphatic carbocycles. The van der Waals surface area contributed by atoms with E-state index < -0.39 is 30.2 Å². The van der Waals surface area contributed by atoms with Gasteiger partial charge in [0.15, 0.2) is 0 Å². The van der Waals surface area contributed by atoms with E-state index in [4.69, 9.17) is 5.11 Å². The summed E-state index contributed by atoms with van der Waals surface area (Å²) in [4.78, 5) is 11.0. The zero-order valence-electron chi connectivity index (χ0n) is 7.38. The van der Waals surface area contributed by atoms with Gasteiger partial charge in [0.05, 0.1) is 25.2 Å². The smallest absolute Gasteiger partial charge is 0.308 e. The molecule has 5 heteroatoms. The van der Waals surface area contributed by atoms with Crippen molar-refractivity contribution < 1.29 is 24.9 Å². The fourth-order valence-corrected chi connectivity index (χ4v) is 1.57. The van der Waals surface area contributed by atoms with Crippen LogP contribution in [0.1, 0.15) is 12.8 Å². The molecule has 13 heavy (non-hydrogen) atoms. The zero-order valence-corrected chi connectivity index (χ0v) is 7.38. The minimum absolute atomic E-state index is 0.144. The second kappa shape index (κ2) is 4.04. The van der Waals surface area contributed by atoms with E-state index in [1.807, 2.05) is 0 Å². The quantitative estimate of drug-likeness (QED) is 0.445. The molecule has 76 valence electrons. The average Bonchev–Trinajstić information content (AvgIpc) is 2.12. The van der Waals surface area contributed by atoms with E-state index in [-0.39, 0.29) is 12.8 Å². The van der Waals surface area contributed by atoms with Crippen molar-refractivity contribution in [2.75, 3.05) is 7.11 Å². The summed E-state index contributed by atoms with van der Waals surface area (Å²) in [6.45, 7) is 0. The third-order valence-corrected chi connectivity index (χ3v) is 2.37. The molecule has 3 N–H and O–H groups in total. The number of methoxy groups -OCH3 is 1. The highest BCUT2D eigenvalue weighted by Gasteiger charge is 2.38. The highest BCUT2D eigenvalue weighted by atomic mass is 16.5. The van der Waals surface area contributed by atoms with Crippen molar-refractivity contribution in [3.63, 3.8) is 0 Å². The highest BCUT2D eigenvalue weighted by Crippen LogP contribution is 2.25. The first-order valence-corrected chi connectivity index (χ1v) is 4.18. The Morgan fingerprint density at radius 2 is 1.69 bits per heavy atom. The number of aliphatic hydroxyl groups excluding tert-OH is 3. The van der Waals surface area contributed by atoms with Gasteiger partial charge in [-0.15, -0.1) is 0 Å². The Morgan fingerprint density at radius 1 is 1.23 bits per heavy atom. The highest BCUT2D eigenvalue weighted by molar-refractivity contribution is 5.72. The topological polar surface area (TPSA) is 87.0 Å². The van der Waals surface area contributed by atoms with E-state index in [1.54, 1.807) is 0 Å². The van der Waals surface area contributed by atoms with Gasteiger partial charge >= 0.3 is 5.97 Å². The second-order valence-electron chi connectivity index (χ2n) is 3.32. The minimum Gasteiger partial charge on any atom is -0.469 e. The predicted octanol–water partition coefficient (Wildman–Crippen LogP) is -1.35. The lowest BCUT2D eigenvalue weighted by Gasteiger charge is -2.32. The molecule has 0 amide bonds. The number of hydrogen-bond acceptors (Lipinski definition) is 5. The molecular formula is C8H14O5. The van der Waals surface area contributed by atoms with Gasteiger partial charge in [0.25, 0.3) is 0 Å². The Balaban J connectivity index is 2.58. The fourth-order valence-electron chi connectivity index (χ4n) is 1.57. The number of ether oxygens (including phenoxy) is 1.